The predicted molar refractivity (Wildman–Crippen MR) is 28.0 cm³/mol. The number of nitrogens with two attached hydrogens (primary N) is 1. The van der Waals surface area contributed by atoms with E-state index in [0.29, 0.717) is 12.0 Å². The molecule has 1 aliphatic heterocycles. The van der Waals surface area contributed by atoms with Crippen LogP contribution in [0, 0.1) is 5.92 Å². The van der Waals surface area contributed by atoms with Crippen molar-refractivity contribution in [3.63, 3.8) is 0 Å². The lowest BCUT2D eigenvalue weighted by atomic mass is 10.0. The lowest BCUT2D eigenvalue weighted by Crippen LogP contribution is -2.40. The van der Waals surface area contributed by atoms with Crippen LogP contribution in [0.1, 0.15) is 6.92 Å². The van der Waals surface area contributed by atoms with Crippen molar-refractivity contribution in [2.24, 2.45) is 11.7 Å². The van der Waals surface area contributed by atoms with Crippen LogP contribution in [0.5, 0.6) is 0 Å². The lowest BCUT2D eigenvalue weighted by Gasteiger charge is -2.28. The van der Waals surface area contributed by atoms with Crippen LogP contribution < -0.4 is 5.73 Å². The maximum atomic E-state index is 5.52. The van der Waals surface area contributed by atoms with Gasteiger partial charge < -0.3 is 10.5 Å². The van der Waals surface area contributed by atoms with E-state index >= 15 is 0 Å². The molecule has 0 saturated carbocycles. The minimum Gasteiger partial charge on any atom is -0.381 e. The first-order valence-corrected chi connectivity index (χ1v) is 2.64. The first-order chi connectivity index (χ1) is 3.30. The van der Waals surface area contributed by atoms with Gasteiger partial charge in [0.25, 0.3) is 0 Å². The van der Waals surface area contributed by atoms with E-state index in [1.54, 1.807) is 0 Å². The van der Waals surface area contributed by atoms with Crippen LogP contribution in [-0.4, -0.2) is 19.3 Å². The Balaban J connectivity index is 2.14. The number of hydrogen-bond acceptors (Lipinski definition) is 2. The molecule has 1 rings (SSSR count). The summed E-state index contributed by atoms with van der Waals surface area (Å²) in [5.41, 5.74) is 5.52. The van der Waals surface area contributed by atoms with E-state index in [1.807, 2.05) is 6.92 Å². The van der Waals surface area contributed by atoms with Gasteiger partial charge in [-0.25, -0.2) is 0 Å². The SMILES string of the molecule is C[C@H](N)C1COC1. The van der Waals surface area contributed by atoms with E-state index in [1.165, 1.54) is 0 Å². The smallest absolute Gasteiger partial charge is 0.0531 e. The zero-order valence-corrected chi connectivity index (χ0v) is 4.55. The van der Waals surface area contributed by atoms with E-state index in [2.05, 4.69) is 0 Å². The summed E-state index contributed by atoms with van der Waals surface area (Å²) in [6.45, 7) is 3.77. The minimum absolute atomic E-state index is 0.328. The molecular formula is C5H11NO. The molecule has 7 heavy (non-hydrogen) atoms. The zero-order valence-electron chi connectivity index (χ0n) is 4.55. The molecule has 1 fully saturated rings. The van der Waals surface area contributed by atoms with Gasteiger partial charge in [-0.3, -0.25) is 0 Å². The van der Waals surface area contributed by atoms with Gasteiger partial charge >= 0.3 is 0 Å². The molecule has 0 aliphatic carbocycles. The van der Waals surface area contributed by atoms with Crippen molar-refractivity contribution >= 4 is 0 Å². The van der Waals surface area contributed by atoms with E-state index in [-0.39, 0.29) is 0 Å². The molecule has 0 aromatic heterocycles. The Labute approximate surface area is 43.6 Å². The molecule has 1 heterocycles. The van der Waals surface area contributed by atoms with Gasteiger partial charge in [0.05, 0.1) is 13.2 Å². The normalized spacial score (nSPS) is 26.6. The van der Waals surface area contributed by atoms with Gasteiger partial charge in [0, 0.05) is 12.0 Å². The molecular weight excluding hydrogens is 90.1 g/mol. The number of ether oxygens (including phenoxy) is 1. The van der Waals surface area contributed by atoms with E-state index in [0.717, 1.165) is 13.2 Å². The summed E-state index contributed by atoms with van der Waals surface area (Å²) in [7, 11) is 0. The van der Waals surface area contributed by atoms with Crippen LogP contribution in [0.2, 0.25) is 0 Å². The summed E-state index contributed by atoms with van der Waals surface area (Å²) in [4.78, 5) is 0. The number of hydrogen-bond donors (Lipinski definition) is 1. The molecule has 0 radical (unpaired) electrons. The average Bonchev–Trinajstić information content (AvgIpc) is 1.23. The third-order valence-electron chi connectivity index (χ3n) is 1.41. The summed E-state index contributed by atoms with van der Waals surface area (Å²) in [5, 5.41) is 0. The second-order valence-corrected chi connectivity index (χ2v) is 2.16. The van der Waals surface area contributed by atoms with Gasteiger partial charge in [0.2, 0.25) is 0 Å². The van der Waals surface area contributed by atoms with E-state index in [9.17, 15) is 0 Å². The fourth-order valence-corrected chi connectivity index (χ4v) is 0.557. The first-order valence-electron chi connectivity index (χ1n) is 2.64. The standard InChI is InChI=1S/C5H11NO/c1-4(6)5-2-7-3-5/h4-5H,2-3,6H2,1H3/t4-/m0/s1. The van der Waals surface area contributed by atoms with Gasteiger partial charge in [0.1, 0.15) is 0 Å². The molecule has 1 aliphatic rings. The zero-order chi connectivity index (χ0) is 5.28. The fourth-order valence-electron chi connectivity index (χ4n) is 0.557. The molecule has 0 bridgehead atoms. The molecule has 2 nitrogen and oxygen atoms in total. The van der Waals surface area contributed by atoms with Crippen molar-refractivity contribution in [2.75, 3.05) is 13.2 Å². The van der Waals surface area contributed by atoms with Crippen molar-refractivity contribution in [1.82, 2.24) is 0 Å². The van der Waals surface area contributed by atoms with Crippen molar-refractivity contribution in [3.05, 3.63) is 0 Å². The molecule has 42 valence electrons. The maximum Gasteiger partial charge on any atom is 0.0531 e. The maximum absolute atomic E-state index is 5.52. The summed E-state index contributed by atoms with van der Waals surface area (Å²) in [6, 6.07) is 0.328. The Bertz CT molecular complexity index is 59.1. The highest BCUT2D eigenvalue weighted by Gasteiger charge is 2.21. The summed E-state index contributed by atoms with van der Waals surface area (Å²) in [6.07, 6.45) is 0. The highest BCUT2D eigenvalue weighted by Crippen LogP contribution is 2.11. The molecule has 2 heteroatoms. The Morgan fingerprint density at radius 3 is 2.29 bits per heavy atom. The monoisotopic (exact) mass is 101 g/mol. The van der Waals surface area contributed by atoms with Gasteiger partial charge in [0.15, 0.2) is 0 Å². The topological polar surface area (TPSA) is 35.2 Å². The van der Waals surface area contributed by atoms with Crippen LogP contribution in [0.15, 0.2) is 0 Å². The van der Waals surface area contributed by atoms with Crippen LogP contribution in [-0.2, 0) is 4.74 Å². The average molecular weight is 101 g/mol. The highest BCUT2D eigenvalue weighted by atomic mass is 16.5. The Morgan fingerprint density at radius 1 is 1.71 bits per heavy atom. The Morgan fingerprint density at radius 2 is 2.29 bits per heavy atom. The molecule has 1 saturated heterocycles. The number of rotatable bonds is 1. The minimum atomic E-state index is 0.328. The third-order valence-corrected chi connectivity index (χ3v) is 1.41. The molecule has 1 atom stereocenters. The van der Waals surface area contributed by atoms with E-state index in [4.69, 9.17) is 10.5 Å². The quantitative estimate of drug-likeness (QED) is 0.503. The first kappa shape index (κ1) is 5.06. The Kier molecular flexibility index (Phi) is 1.30. The fraction of sp³-hybridized carbons (Fsp3) is 1.00. The molecule has 0 amide bonds. The van der Waals surface area contributed by atoms with Gasteiger partial charge in [-0.2, -0.15) is 0 Å². The third kappa shape index (κ3) is 0.924. The molecule has 0 aromatic carbocycles. The van der Waals surface area contributed by atoms with E-state index < -0.39 is 0 Å². The van der Waals surface area contributed by atoms with Crippen LogP contribution in [0.25, 0.3) is 0 Å². The van der Waals surface area contributed by atoms with Crippen LogP contribution >= 0.6 is 0 Å². The van der Waals surface area contributed by atoms with Crippen molar-refractivity contribution in [2.45, 2.75) is 13.0 Å². The summed E-state index contributed by atoms with van der Waals surface area (Å²) in [5.74, 6) is 0.639. The van der Waals surface area contributed by atoms with Gasteiger partial charge in [-0.1, -0.05) is 0 Å². The van der Waals surface area contributed by atoms with Crippen molar-refractivity contribution in [1.29, 1.82) is 0 Å². The van der Waals surface area contributed by atoms with Crippen molar-refractivity contribution < 1.29 is 4.74 Å². The largest absolute Gasteiger partial charge is 0.381 e. The predicted octanol–water partition coefficient (Wildman–Crippen LogP) is -0.0200. The van der Waals surface area contributed by atoms with Crippen molar-refractivity contribution in [3.8, 4) is 0 Å². The summed E-state index contributed by atoms with van der Waals surface area (Å²) >= 11 is 0. The second kappa shape index (κ2) is 1.80. The molecule has 2 N–H and O–H groups in total. The summed E-state index contributed by atoms with van der Waals surface area (Å²) < 4.78 is 4.92. The van der Waals surface area contributed by atoms with Crippen LogP contribution in [0.3, 0.4) is 0 Å². The second-order valence-electron chi connectivity index (χ2n) is 2.16. The lowest BCUT2D eigenvalue weighted by molar-refractivity contribution is -0.0408. The highest BCUT2D eigenvalue weighted by molar-refractivity contribution is 4.73. The van der Waals surface area contributed by atoms with Crippen LogP contribution in [0.4, 0.5) is 0 Å². The Hall–Kier alpha value is -0.0800. The van der Waals surface area contributed by atoms with Gasteiger partial charge in [-0.05, 0) is 6.92 Å². The molecule has 0 unspecified atom stereocenters. The molecule has 0 aromatic rings. The molecule has 0 spiro atoms. The van der Waals surface area contributed by atoms with Gasteiger partial charge in [-0.15, -0.1) is 0 Å².